The largest absolute Gasteiger partial charge is 0.284 e. The number of fused-ring (bicyclic) bond motifs is 5. The number of benzene rings is 2. The van der Waals surface area contributed by atoms with Gasteiger partial charge in [-0.3, -0.25) is 9.38 Å². The molecule has 0 bridgehead atoms. The van der Waals surface area contributed by atoms with Gasteiger partial charge in [0, 0.05) is 46.1 Å². The first-order valence-electron chi connectivity index (χ1n) is 11.5. The van der Waals surface area contributed by atoms with Crippen LogP contribution in [0, 0.1) is 0 Å². The van der Waals surface area contributed by atoms with Gasteiger partial charge in [0.2, 0.25) is 0 Å². The number of nitrogens with zero attached hydrogens (tertiary/aromatic N) is 5. The third-order valence-electron chi connectivity index (χ3n) is 6.30. The lowest BCUT2D eigenvalue weighted by Gasteiger charge is -2.10. The minimum atomic E-state index is 0.858. The van der Waals surface area contributed by atoms with Crippen LogP contribution in [-0.4, -0.2) is 24.3 Å². The Morgan fingerprint density at radius 3 is 2.23 bits per heavy atom. The standard InChI is InChI=1S/C30H19N5/c1-2-12-24-23(11-1)28(34-30-29(24)33-27-15-3-4-17-35(27)30)21-9-5-8-20(18-21)25-13-6-14-26(32-25)22-10-7-16-31-19-22/h1-19H. The molecule has 0 atom stereocenters. The molecular formula is C30H19N5. The number of imidazole rings is 1. The Hall–Kier alpha value is -4.90. The lowest BCUT2D eigenvalue weighted by atomic mass is 10.00. The average molecular weight is 450 g/mol. The van der Waals surface area contributed by atoms with Gasteiger partial charge < -0.3 is 0 Å². The molecule has 5 aromatic heterocycles. The molecule has 2 aromatic carbocycles. The zero-order chi connectivity index (χ0) is 23.2. The molecule has 35 heavy (non-hydrogen) atoms. The van der Waals surface area contributed by atoms with E-state index in [1.807, 2.05) is 65.3 Å². The van der Waals surface area contributed by atoms with Gasteiger partial charge in [-0.2, -0.15) is 0 Å². The molecule has 0 fully saturated rings. The fourth-order valence-corrected chi connectivity index (χ4v) is 4.65. The van der Waals surface area contributed by atoms with Crippen LogP contribution >= 0.6 is 0 Å². The van der Waals surface area contributed by atoms with Crippen molar-refractivity contribution < 1.29 is 0 Å². The highest BCUT2D eigenvalue weighted by atomic mass is 15.1. The molecule has 0 amide bonds. The Kier molecular flexibility index (Phi) is 4.39. The van der Waals surface area contributed by atoms with Gasteiger partial charge in [0.05, 0.1) is 17.1 Å². The summed E-state index contributed by atoms with van der Waals surface area (Å²) in [5.74, 6) is 0. The topological polar surface area (TPSA) is 56.0 Å². The van der Waals surface area contributed by atoms with Crippen LogP contribution in [0.4, 0.5) is 0 Å². The van der Waals surface area contributed by atoms with Crippen molar-refractivity contribution in [1.29, 1.82) is 0 Å². The molecule has 0 spiro atoms. The maximum absolute atomic E-state index is 5.13. The second kappa shape index (κ2) is 7.85. The summed E-state index contributed by atoms with van der Waals surface area (Å²) in [5, 5.41) is 2.18. The lowest BCUT2D eigenvalue weighted by Crippen LogP contribution is -1.93. The van der Waals surface area contributed by atoms with Gasteiger partial charge in [-0.25, -0.2) is 15.0 Å². The van der Waals surface area contributed by atoms with Gasteiger partial charge in [-0.05, 0) is 42.5 Å². The van der Waals surface area contributed by atoms with Crippen molar-refractivity contribution in [2.24, 2.45) is 0 Å². The summed E-state index contributed by atoms with van der Waals surface area (Å²) >= 11 is 0. The third kappa shape index (κ3) is 3.25. The molecule has 0 saturated carbocycles. The van der Waals surface area contributed by atoms with Crippen LogP contribution < -0.4 is 0 Å². The summed E-state index contributed by atoms with van der Waals surface area (Å²) in [4.78, 5) is 19.2. The van der Waals surface area contributed by atoms with Crippen LogP contribution in [0.15, 0.2) is 116 Å². The highest BCUT2D eigenvalue weighted by Gasteiger charge is 2.15. The maximum Gasteiger partial charge on any atom is 0.165 e. The van der Waals surface area contributed by atoms with Crippen molar-refractivity contribution >= 4 is 27.6 Å². The quantitative estimate of drug-likeness (QED) is 0.297. The second-order valence-corrected chi connectivity index (χ2v) is 8.45. The Morgan fingerprint density at radius 1 is 0.571 bits per heavy atom. The SMILES string of the molecule is c1cncc(-c2cccc(-c3cccc(-c4nc5c(nc6ccccn65)c5ccccc45)c3)n2)c1. The molecule has 0 radical (unpaired) electrons. The van der Waals surface area contributed by atoms with Crippen molar-refractivity contribution in [1.82, 2.24) is 24.3 Å². The first-order valence-corrected chi connectivity index (χ1v) is 11.5. The number of hydrogen-bond donors (Lipinski definition) is 0. The van der Waals surface area contributed by atoms with Crippen molar-refractivity contribution in [2.75, 3.05) is 0 Å². The van der Waals surface area contributed by atoms with E-state index < -0.39 is 0 Å². The van der Waals surface area contributed by atoms with Crippen molar-refractivity contribution in [2.45, 2.75) is 0 Å². The Bertz CT molecular complexity index is 1850. The van der Waals surface area contributed by atoms with E-state index in [1.54, 1.807) is 6.20 Å². The first kappa shape index (κ1) is 19.6. The maximum atomic E-state index is 5.13. The van der Waals surface area contributed by atoms with Crippen LogP contribution in [0.3, 0.4) is 0 Å². The van der Waals surface area contributed by atoms with Crippen molar-refractivity contribution in [3.63, 3.8) is 0 Å². The Morgan fingerprint density at radius 2 is 1.34 bits per heavy atom. The highest BCUT2D eigenvalue weighted by Crippen LogP contribution is 2.34. The van der Waals surface area contributed by atoms with E-state index in [1.165, 1.54) is 0 Å². The van der Waals surface area contributed by atoms with E-state index in [0.29, 0.717) is 0 Å². The summed E-state index contributed by atoms with van der Waals surface area (Å²) in [6.45, 7) is 0. The molecule has 0 N–H and O–H groups in total. The molecule has 0 aliphatic rings. The molecule has 7 rings (SSSR count). The molecule has 5 heteroatoms. The molecule has 0 saturated heterocycles. The normalized spacial score (nSPS) is 11.4. The average Bonchev–Trinajstić information content (AvgIpc) is 3.32. The zero-order valence-electron chi connectivity index (χ0n) is 18.7. The summed E-state index contributed by atoms with van der Waals surface area (Å²) in [6.07, 6.45) is 5.62. The fraction of sp³-hybridized carbons (Fsp3) is 0. The smallest absolute Gasteiger partial charge is 0.165 e. The van der Waals surface area contributed by atoms with Crippen LogP contribution in [0.5, 0.6) is 0 Å². The van der Waals surface area contributed by atoms with E-state index in [9.17, 15) is 0 Å². The highest BCUT2D eigenvalue weighted by molar-refractivity contribution is 6.09. The van der Waals surface area contributed by atoms with Gasteiger partial charge >= 0.3 is 0 Å². The second-order valence-electron chi connectivity index (χ2n) is 8.45. The van der Waals surface area contributed by atoms with Gasteiger partial charge in [0.15, 0.2) is 5.65 Å². The minimum absolute atomic E-state index is 0.858. The molecule has 5 heterocycles. The number of hydrogen-bond acceptors (Lipinski definition) is 4. The molecule has 0 aliphatic heterocycles. The Balaban J connectivity index is 1.43. The minimum Gasteiger partial charge on any atom is -0.284 e. The summed E-state index contributed by atoms with van der Waals surface area (Å²) in [6, 6.07) is 32.8. The lowest BCUT2D eigenvalue weighted by molar-refractivity contribution is 1.19. The summed E-state index contributed by atoms with van der Waals surface area (Å²) < 4.78 is 2.05. The van der Waals surface area contributed by atoms with Crippen LogP contribution in [-0.2, 0) is 0 Å². The summed E-state index contributed by atoms with van der Waals surface area (Å²) in [7, 11) is 0. The molecule has 0 aliphatic carbocycles. The van der Waals surface area contributed by atoms with E-state index in [-0.39, 0.29) is 0 Å². The van der Waals surface area contributed by atoms with E-state index in [2.05, 4.69) is 53.5 Å². The number of pyridine rings is 4. The summed E-state index contributed by atoms with van der Waals surface area (Å²) in [5.41, 5.74) is 8.49. The van der Waals surface area contributed by atoms with E-state index >= 15 is 0 Å². The molecular weight excluding hydrogens is 430 g/mol. The predicted molar refractivity (Wildman–Crippen MR) is 140 cm³/mol. The predicted octanol–water partition coefficient (Wildman–Crippen LogP) is 6.83. The zero-order valence-corrected chi connectivity index (χ0v) is 18.7. The van der Waals surface area contributed by atoms with Gasteiger partial charge in [0.1, 0.15) is 11.2 Å². The van der Waals surface area contributed by atoms with Gasteiger partial charge in [-0.1, -0.05) is 54.6 Å². The molecule has 0 unspecified atom stereocenters. The molecule has 164 valence electrons. The van der Waals surface area contributed by atoms with Crippen LogP contribution in [0.1, 0.15) is 0 Å². The van der Waals surface area contributed by atoms with E-state index in [4.69, 9.17) is 15.0 Å². The molecule has 5 nitrogen and oxygen atoms in total. The first-order chi connectivity index (χ1) is 17.3. The van der Waals surface area contributed by atoms with Gasteiger partial charge in [-0.15, -0.1) is 0 Å². The van der Waals surface area contributed by atoms with E-state index in [0.717, 1.165) is 61.4 Å². The fourth-order valence-electron chi connectivity index (χ4n) is 4.65. The van der Waals surface area contributed by atoms with Crippen LogP contribution in [0.2, 0.25) is 0 Å². The monoisotopic (exact) mass is 449 g/mol. The van der Waals surface area contributed by atoms with Crippen LogP contribution in [0.25, 0.3) is 61.4 Å². The molecule has 7 aromatic rings. The number of aromatic nitrogens is 5. The number of rotatable bonds is 3. The van der Waals surface area contributed by atoms with Crippen molar-refractivity contribution in [3.8, 4) is 33.8 Å². The van der Waals surface area contributed by atoms with Gasteiger partial charge in [0.25, 0.3) is 0 Å². The Labute approximate surface area is 201 Å². The third-order valence-corrected chi connectivity index (χ3v) is 6.30. The van der Waals surface area contributed by atoms with Crippen molar-refractivity contribution in [3.05, 3.63) is 116 Å².